The summed E-state index contributed by atoms with van der Waals surface area (Å²) < 4.78 is 5.98. The molecule has 1 heterocycles. The van der Waals surface area contributed by atoms with E-state index in [0.29, 0.717) is 12.2 Å². The summed E-state index contributed by atoms with van der Waals surface area (Å²) in [5.74, 6) is -0.670. The minimum atomic E-state index is -0.665. The van der Waals surface area contributed by atoms with Gasteiger partial charge in [0.15, 0.2) is 0 Å². The molecule has 0 spiro atoms. The summed E-state index contributed by atoms with van der Waals surface area (Å²) in [7, 11) is 1.55. The van der Waals surface area contributed by atoms with Gasteiger partial charge in [0.1, 0.15) is 5.56 Å². The van der Waals surface area contributed by atoms with Crippen LogP contribution in [0.25, 0.3) is 0 Å². The van der Waals surface area contributed by atoms with Crippen LogP contribution in [0.3, 0.4) is 0 Å². The van der Waals surface area contributed by atoms with Gasteiger partial charge in [-0.25, -0.2) is 9.53 Å². The van der Waals surface area contributed by atoms with Crippen molar-refractivity contribution in [3.63, 3.8) is 0 Å². The van der Waals surface area contributed by atoms with Gasteiger partial charge in [-0.05, 0) is 6.92 Å². The third-order valence-corrected chi connectivity index (χ3v) is 2.27. The van der Waals surface area contributed by atoms with E-state index in [0.717, 1.165) is 0 Å². The highest BCUT2D eigenvalue weighted by atomic mass is 16.5. The lowest BCUT2D eigenvalue weighted by Crippen LogP contribution is -2.35. The first-order chi connectivity index (χ1) is 7.93. The Morgan fingerprint density at radius 3 is 2.35 bits per heavy atom. The summed E-state index contributed by atoms with van der Waals surface area (Å²) >= 11 is 0. The molecule has 94 valence electrons. The lowest BCUT2D eigenvalue weighted by molar-refractivity contribution is -0.118. The largest absolute Gasteiger partial charge is 0.370 e. The van der Waals surface area contributed by atoms with Gasteiger partial charge in [0.05, 0.1) is 5.69 Å². The van der Waals surface area contributed by atoms with Crippen molar-refractivity contribution in [1.29, 1.82) is 0 Å². The first-order valence-corrected chi connectivity index (χ1v) is 5.13. The fourth-order valence-corrected chi connectivity index (χ4v) is 1.30. The van der Waals surface area contributed by atoms with E-state index in [1.807, 2.05) is 0 Å². The third kappa shape index (κ3) is 3.20. The van der Waals surface area contributed by atoms with E-state index in [1.54, 1.807) is 14.0 Å². The Hall–Kier alpha value is -2.05. The number of carbonyl (C=O) groups is 2. The molecule has 1 rings (SSSR count). The molecule has 0 bridgehead atoms. The van der Waals surface area contributed by atoms with Crippen LogP contribution >= 0.6 is 0 Å². The molecular formula is C10H15N3O4. The summed E-state index contributed by atoms with van der Waals surface area (Å²) in [6, 6.07) is 0. The summed E-state index contributed by atoms with van der Waals surface area (Å²) in [6.07, 6.45) is 0. The van der Waals surface area contributed by atoms with E-state index in [-0.39, 0.29) is 18.0 Å². The second-order valence-electron chi connectivity index (χ2n) is 3.58. The smallest absolute Gasteiger partial charge is 0.355 e. The van der Waals surface area contributed by atoms with Gasteiger partial charge in [0, 0.05) is 27.1 Å². The Morgan fingerprint density at radius 1 is 1.29 bits per heavy atom. The summed E-state index contributed by atoms with van der Waals surface area (Å²) in [4.78, 5) is 33.6. The molecule has 0 aliphatic heterocycles. The Bertz CT molecular complexity index is 486. The van der Waals surface area contributed by atoms with Crippen molar-refractivity contribution < 1.29 is 14.1 Å². The van der Waals surface area contributed by atoms with Gasteiger partial charge in [0.25, 0.3) is 5.91 Å². The molecule has 2 N–H and O–H groups in total. The van der Waals surface area contributed by atoms with Gasteiger partial charge < -0.3 is 15.2 Å². The minimum absolute atomic E-state index is 0.00433. The highest BCUT2D eigenvalue weighted by Crippen LogP contribution is 2.01. The van der Waals surface area contributed by atoms with E-state index in [9.17, 15) is 14.4 Å². The van der Waals surface area contributed by atoms with Crippen LogP contribution in [0.1, 0.15) is 23.0 Å². The van der Waals surface area contributed by atoms with Crippen molar-refractivity contribution in [1.82, 2.24) is 15.4 Å². The van der Waals surface area contributed by atoms with Crippen LogP contribution < -0.4 is 16.3 Å². The molecule has 0 unspecified atom stereocenters. The SMILES string of the molecule is CC(=O)NCCNC(=O)c1c(C)n(C)oc1=O. The normalized spacial score (nSPS) is 10.1. The molecule has 0 radical (unpaired) electrons. The minimum Gasteiger partial charge on any atom is -0.355 e. The van der Waals surface area contributed by atoms with Gasteiger partial charge in [-0.2, -0.15) is 0 Å². The van der Waals surface area contributed by atoms with Crippen LogP contribution in [0.2, 0.25) is 0 Å². The molecule has 2 amide bonds. The number of hydrogen-bond donors (Lipinski definition) is 2. The Balaban J connectivity index is 2.59. The van der Waals surface area contributed by atoms with Crippen LogP contribution in [0.4, 0.5) is 0 Å². The molecule has 0 fully saturated rings. The fourth-order valence-electron chi connectivity index (χ4n) is 1.30. The quantitative estimate of drug-likeness (QED) is 0.672. The lowest BCUT2D eigenvalue weighted by atomic mass is 10.2. The van der Waals surface area contributed by atoms with Crippen LogP contribution in [0.15, 0.2) is 9.32 Å². The fraction of sp³-hybridized carbons (Fsp3) is 0.500. The predicted molar refractivity (Wildman–Crippen MR) is 59.7 cm³/mol. The highest BCUT2D eigenvalue weighted by molar-refractivity contribution is 5.94. The number of aryl methyl sites for hydroxylation is 1. The molecule has 0 saturated carbocycles. The average molecular weight is 241 g/mol. The maximum absolute atomic E-state index is 11.6. The van der Waals surface area contributed by atoms with Crippen molar-refractivity contribution in [2.45, 2.75) is 13.8 Å². The van der Waals surface area contributed by atoms with E-state index < -0.39 is 11.5 Å². The zero-order chi connectivity index (χ0) is 13.0. The molecule has 1 aromatic heterocycles. The monoisotopic (exact) mass is 241 g/mol. The van der Waals surface area contributed by atoms with E-state index >= 15 is 0 Å². The molecule has 0 aliphatic rings. The molecule has 0 saturated heterocycles. The summed E-state index contributed by atoms with van der Waals surface area (Å²) in [5.41, 5.74) is -0.204. The van der Waals surface area contributed by atoms with Gasteiger partial charge in [0.2, 0.25) is 5.91 Å². The number of rotatable bonds is 4. The summed E-state index contributed by atoms with van der Waals surface area (Å²) in [5, 5.41) is 5.05. The number of nitrogens with zero attached hydrogens (tertiary/aromatic N) is 1. The standard InChI is InChI=1S/C10H15N3O4/c1-6-8(10(16)17-13(6)3)9(15)12-5-4-11-7(2)14/h4-5H2,1-3H3,(H,11,14)(H,12,15). The molecule has 7 nitrogen and oxygen atoms in total. The molecule has 0 aromatic carbocycles. The zero-order valence-corrected chi connectivity index (χ0v) is 9.99. The van der Waals surface area contributed by atoms with Crippen LogP contribution in [-0.2, 0) is 11.8 Å². The Kier molecular flexibility index (Phi) is 4.08. The maximum Gasteiger partial charge on any atom is 0.370 e. The van der Waals surface area contributed by atoms with Gasteiger partial charge in [-0.3, -0.25) is 9.59 Å². The second kappa shape index (κ2) is 5.33. The average Bonchev–Trinajstić information content (AvgIpc) is 2.48. The zero-order valence-electron chi connectivity index (χ0n) is 9.99. The van der Waals surface area contributed by atoms with E-state index in [4.69, 9.17) is 4.52 Å². The number of hydrogen-bond acceptors (Lipinski definition) is 4. The molecule has 17 heavy (non-hydrogen) atoms. The second-order valence-corrected chi connectivity index (χ2v) is 3.58. The van der Waals surface area contributed by atoms with E-state index in [1.165, 1.54) is 11.7 Å². The molecule has 1 aromatic rings. The van der Waals surface area contributed by atoms with Crippen molar-refractivity contribution in [3.8, 4) is 0 Å². The van der Waals surface area contributed by atoms with Crippen molar-refractivity contribution in [2.24, 2.45) is 7.05 Å². The predicted octanol–water partition coefficient (Wildman–Crippen LogP) is -0.847. The Morgan fingerprint density at radius 2 is 1.88 bits per heavy atom. The molecule has 0 aliphatic carbocycles. The maximum atomic E-state index is 11.6. The Labute approximate surface area is 97.7 Å². The number of aromatic nitrogens is 1. The van der Waals surface area contributed by atoms with Gasteiger partial charge >= 0.3 is 5.63 Å². The first kappa shape index (κ1) is 13.0. The molecule has 7 heteroatoms. The molecule has 0 atom stereocenters. The molecular weight excluding hydrogens is 226 g/mol. The van der Waals surface area contributed by atoms with Crippen molar-refractivity contribution >= 4 is 11.8 Å². The van der Waals surface area contributed by atoms with Crippen LogP contribution in [0.5, 0.6) is 0 Å². The summed E-state index contributed by atoms with van der Waals surface area (Å²) in [6.45, 7) is 3.58. The van der Waals surface area contributed by atoms with Crippen molar-refractivity contribution in [2.75, 3.05) is 13.1 Å². The number of nitrogens with one attached hydrogen (secondary N) is 2. The van der Waals surface area contributed by atoms with Gasteiger partial charge in [-0.1, -0.05) is 0 Å². The number of amides is 2. The lowest BCUT2D eigenvalue weighted by Gasteiger charge is -2.04. The van der Waals surface area contributed by atoms with Gasteiger partial charge in [-0.15, -0.1) is 0 Å². The van der Waals surface area contributed by atoms with E-state index in [2.05, 4.69) is 10.6 Å². The van der Waals surface area contributed by atoms with Crippen LogP contribution in [0, 0.1) is 6.92 Å². The number of carbonyl (C=O) groups excluding carboxylic acids is 2. The first-order valence-electron chi connectivity index (χ1n) is 5.13. The van der Waals surface area contributed by atoms with Crippen LogP contribution in [-0.4, -0.2) is 29.6 Å². The highest BCUT2D eigenvalue weighted by Gasteiger charge is 2.18. The third-order valence-electron chi connectivity index (χ3n) is 2.27. The van der Waals surface area contributed by atoms with Crippen molar-refractivity contribution in [3.05, 3.63) is 21.7 Å². The topological polar surface area (TPSA) is 93.3 Å².